The molecule has 7 nitrogen and oxygen atoms in total. The number of rotatable bonds is 9. The summed E-state index contributed by atoms with van der Waals surface area (Å²) in [7, 11) is -2.37. The first-order valence-electron chi connectivity index (χ1n) is 11.1. The fourth-order valence-corrected chi connectivity index (χ4v) is 5.85. The molecule has 2 atom stereocenters. The topological polar surface area (TPSA) is 87.2 Å². The number of benzene rings is 2. The maximum absolute atomic E-state index is 13.6. The van der Waals surface area contributed by atoms with E-state index in [4.69, 9.17) is 4.74 Å². The van der Waals surface area contributed by atoms with Gasteiger partial charge in [0.25, 0.3) is 10.0 Å². The molecule has 2 unspecified atom stereocenters. The van der Waals surface area contributed by atoms with E-state index in [-0.39, 0.29) is 23.4 Å². The van der Waals surface area contributed by atoms with Crippen LogP contribution in [0.2, 0.25) is 0 Å². The van der Waals surface area contributed by atoms with Gasteiger partial charge >= 0.3 is 0 Å². The van der Waals surface area contributed by atoms with Crippen LogP contribution in [-0.2, 0) is 14.8 Å². The van der Waals surface area contributed by atoms with Crippen LogP contribution >= 0.6 is 11.8 Å². The molecule has 0 heterocycles. The molecule has 9 heteroatoms. The molecule has 0 aromatic heterocycles. The number of likely N-dealkylation sites (N-methyl/N-ethyl adjacent to an activating group) is 1. The van der Waals surface area contributed by atoms with Gasteiger partial charge in [-0.1, -0.05) is 12.8 Å². The molecule has 3 rings (SSSR count). The van der Waals surface area contributed by atoms with Gasteiger partial charge in [-0.3, -0.25) is 9.10 Å². The van der Waals surface area contributed by atoms with Crippen molar-refractivity contribution in [2.24, 2.45) is 0 Å². The van der Waals surface area contributed by atoms with E-state index in [0.717, 1.165) is 22.0 Å². The Morgan fingerprint density at radius 3 is 2.30 bits per heavy atom. The molecule has 0 radical (unpaired) electrons. The summed E-state index contributed by atoms with van der Waals surface area (Å²) in [4.78, 5) is 15.8. The lowest BCUT2D eigenvalue weighted by atomic mass is 9.91. The molecule has 33 heavy (non-hydrogen) atoms. The van der Waals surface area contributed by atoms with Gasteiger partial charge in [-0.05, 0) is 74.6 Å². The van der Waals surface area contributed by atoms with E-state index in [2.05, 4.69) is 0 Å². The number of anilines is 1. The zero-order chi connectivity index (χ0) is 24.0. The lowest BCUT2D eigenvalue weighted by Gasteiger charge is -2.36. The summed E-state index contributed by atoms with van der Waals surface area (Å²) in [6.45, 7) is 2.01. The Kier molecular flexibility index (Phi) is 8.67. The van der Waals surface area contributed by atoms with Gasteiger partial charge in [0.1, 0.15) is 12.3 Å². The summed E-state index contributed by atoms with van der Waals surface area (Å²) in [6, 6.07) is 13.0. The Bertz CT molecular complexity index is 1030. The van der Waals surface area contributed by atoms with Crippen molar-refractivity contribution in [3.63, 3.8) is 0 Å². The number of carbonyl (C=O) groups excluding carboxylic acids is 1. The van der Waals surface area contributed by atoms with Crippen molar-refractivity contribution >= 4 is 33.4 Å². The fraction of sp³-hybridized carbons (Fsp3) is 0.458. The van der Waals surface area contributed by atoms with E-state index in [9.17, 15) is 18.3 Å². The second kappa shape index (κ2) is 11.3. The minimum Gasteiger partial charge on any atom is -0.494 e. The van der Waals surface area contributed by atoms with Crippen molar-refractivity contribution in [1.29, 1.82) is 0 Å². The quantitative estimate of drug-likeness (QED) is 0.537. The number of amides is 1. The van der Waals surface area contributed by atoms with Crippen molar-refractivity contribution in [3.8, 4) is 5.75 Å². The molecule has 1 N–H and O–H groups in total. The summed E-state index contributed by atoms with van der Waals surface area (Å²) < 4.78 is 33.8. The first-order chi connectivity index (χ1) is 15.8. The lowest BCUT2D eigenvalue weighted by molar-refractivity contribution is -0.133. The van der Waals surface area contributed by atoms with Crippen molar-refractivity contribution in [1.82, 2.24) is 4.90 Å². The monoisotopic (exact) mass is 492 g/mol. The van der Waals surface area contributed by atoms with Crippen LogP contribution in [0.15, 0.2) is 58.3 Å². The minimum absolute atomic E-state index is 0.113. The molecule has 0 saturated heterocycles. The zero-order valence-electron chi connectivity index (χ0n) is 19.3. The predicted octanol–water partition coefficient (Wildman–Crippen LogP) is 3.76. The maximum atomic E-state index is 13.6. The van der Waals surface area contributed by atoms with E-state index >= 15 is 0 Å². The molecule has 180 valence electrons. The molecular weight excluding hydrogens is 460 g/mol. The number of ether oxygens (including phenoxy) is 1. The van der Waals surface area contributed by atoms with Crippen LogP contribution in [0.5, 0.6) is 5.75 Å². The molecular formula is C24H32N2O5S2. The molecule has 1 amide bonds. The largest absolute Gasteiger partial charge is 0.494 e. The lowest BCUT2D eigenvalue weighted by Crippen LogP contribution is -2.50. The Morgan fingerprint density at radius 1 is 1.09 bits per heavy atom. The Morgan fingerprint density at radius 2 is 1.73 bits per heavy atom. The molecule has 2 aromatic rings. The van der Waals surface area contributed by atoms with Gasteiger partial charge in [0.05, 0.1) is 29.3 Å². The van der Waals surface area contributed by atoms with Gasteiger partial charge < -0.3 is 14.7 Å². The highest BCUT2D eigenvalue weighted by atomic mass is 32.2. The van der Waals surface area contributed by atoms with Gasteiger partial charge in [0.15, 0.2) is 0 Å². The van der Waals surface area contributed by atoms with Crippen LogP contribution in [0.3, 0.4) is 0 Å². The highest BCUT2D eigenvalue weighted by Crippen LogP contribution is 2.28. The van der Waals surface area contributed by atoms with E-state index in [1.165, 1.54) is 16.7 Å². The van der Waals surface area contributed by atoms with Gasteiger partial charge in [-0.15, -0.1) is 11.8 Å². The maximum Gasteiger partial charge on any atom is 0.264 e. The van der Waals surface area contributed by atoms with Crippen molar-refractivity contribution in [2.45, 2.75) is 54.5 Å². The summed E-state index contributed by atoms with van der Waals surface area (Å²) in [5, 5.41) is 10.4. The van der Waals surface area contributed by atoms with E-state index in [0.29, 0.717) is 30.9 Å². The third-order valence-electron chi connectivity index (χ3n) is 5.95. The second-order valence-corrected chi connectivity index (χ2v) is 10.8. The Labute approximate surface area is 200 Å². The number of hydrogen-bond donors (Lipinski definition) is 1. The molecule has 1 aliphatic rings. The molecule has 2 aromatic carbocycles. The zero-order valence-corrected chi connectivity index (χ0v) is 20.9. The van der Waals surface area contributed by atoms with E-state index in [1.54, 1.807) is 55.6 Å². The second-order valence-electron chi connectivity index (χ2n) is 8.04. The number of nitrogens with zero attached hydrogens (tertiary/aromatic N) is 2. The number of aliphatic hydroxyl groups is 1. The number of carbonyl (C=O) groups is 1. The number of thioether (sulfide) groups is 1. The number of hydrogen-bond acceptors (Lipinski definition) is 6. The van der Waals surface area contributed by atoms with E-state index in [1.807, 2.05) is 13.2 Å². The van der Waals surface area contributed by atoms with Crippen LogP contribution in [-0.4, -0.2) is 62.9 Å². The van der Waals surface area contributed by atoms with Crippen LogP contribution in [0, 0.1) is 0 Å². The molecule has 0 spiro atoms. The standard InChI is InChI=1S/C24H32N2O5S2/c1-4-31-19-11-9-18(10-12-19)26(33(29,30)21-15-13-20(32-3)14-16-21)17-24(28)25(2)22-7-5-6-8-23(22)27/h9-16,22-23,27H,4-8,17H2,1-3H3. The van der Waals surface area contributed by atoms with Crippen LogP contribution in [0.25, 0.3) is 0 Å². The summed E-state index contributed by atoms with van der Waals surface area (Å²) in [5.74, 6) is 0.260. The molecule has 0 aliphatic heterocycles. The van der Waals surface area contributed by atoms with Crippen LogP contribution < -0.4 is 9.04 Å². The molecule has 1 aliphatic carbocycles. The summed E-state index contributed by atoms with van der Waals surface area (Å²) >= 11 is 1.52. The van der Waals surface area contributed by atoms with Crippen LogP contribution in [0.4, 0.5) is 5.69 Å². The third-order valence-corrected chi connectivity index (χ3v) is 8.48. The van der Waals surface area contributed by atoms with Crippen LogP contribution in [0.1, 0.15) is 32.6 Å². The SMILES string of the molecule is CCOc1ccc(N(CC(=O)N(C)C2CCCCC2O)S(=O)(=O)c2ccc(SC)cc2)cc1. The van der Waals surface area contributed by atoms with Gasteiger partial charge in [-0.25, -0.2) is 8.42 Å². The minimum atomic E-state index is -4.00. The molecule has 1 saturated carbocycles. The molecule has 1 fully saturated rings. The first kappa shape index (κ1) is 25.4. The average Bonchev–Trinajstić information content (AvgIpc) is 2.83. The van der Waals surface area contributed by atoms with Crippen molar-refractivity contribution < 1.29 is 23.1 Å². The normalized spacial score (nSPS) is 18.5. The molecule has 0 bridgehead atoms. The Balaban J connectivity index is 1.93. The highest BCUT2D eigenvalue weighted by molar-refractivity contribution is 7.98. The Hall–Kier alpha value is -2.23. The number of aliphatic hydroxyl groups excluding tert-OH is 1. The highest BCUT2D eigenvalue weighted by Gasteiger charge is 2.33. The summed E-state index contributed by atoms with van der Waals surface area (Å²) in [5.41, 5.74) is 0.373. The number of sulfonamides is 1. The summed E-state index contributed by atoms with van der Waals surface area (Å²) in [6.07, 6.45) is 4.53. The van der Waals surface area contributed by atoms with Crippen molar-refractivity contribution in [3.05, 3.63) is 48.5 Å². The van der Waals surface area contributed by atoms with Gasteiger partial charge in [0, 0.05) is 11.9 Å². The van der Waals surface area contributed by atoms with E-state index < -0.39 is 16.1 Å². The average molecular weight is 493 g/mol. The van der Waals surface area contributed by atoms with Gasteiger partial charge in [-0.2, -0.15) is 0 Å². The van der Waals surface area contributed by atoms with Gasteiger partial charge in [0.2, 0.25) is 5.91 Å². The fourth-order valence-electron chi connectivity index (χ4n) is 4.03. The third kappa shape index (κ3) is 6.02. The first-order valence-corrected chi connectivity index (χ1v) is 13.8. The smallest absolute Gasteiger partial charge is 0.264 e. The predicted molar refractivity (Wildman–Crippen MR) is 131 cm³/mol. The van der Waals surface area contributed by atoms with Crippen molar-refractivity contribution in [2.75, 3.05) is 30.8 Å².